The number of aliphatic hydroxyl groups excluding tert-OH is 6. The molecule has 0 saturated carbocycles. The number of pyridine rings is 1. The Morgan fingerprint density at radius 2 is 1.53 bits per heavy atom. The summed E-state index contributed by atoms with van der Waals surface area (Å²) in [6.45, 7) is -1.06. The minimum atomic E-state index is -4.09. The number of nitrogens with one attached hydrogen (secondary N) is 2. The lowest BCUT2D eigenvalue weighted by Gasteiger charge is -2.25. The first kappa shape index (κ1) is 33.6. The zero-order valence-corrected chi connectivity index (χ0v) is 26.1. The summed E-state index contributed by atoms with van der Waals surface area (Å²) in [5.74, 6) is 0. The van der Waals surface area contributed by atoms with E-state index in [0.717, 1.165) is 5.56 Å². The quantitative estimate of drug-likeness (QED) is 0.0942. The highest BCUT2D eigenvalue weighted by Crippen LogP contribution is 2.33. The zero-order valence-electron chi connectivity index (χ0n) is 24.5. The molecule has 2 aliphatic heterocycles. The first-order chi connectivity index (χ1) is 22.4. The van der Waals surface area contributed by atoms with Gasteiger partial charge in [-0.05, 0) is 29.3 Å². The zero-order chi connectivity index (χ0) is 33.5. The Kier molecular flexibility index (Phi) is 9.80. The van der Waals surface area contributed by atoms with Gasteiger partial charge < -0.3 is 49.8 Å². The van der Waals surface area contributed by atoms with Crippen molar-refractivity contribution in [3.8, 4) is 28.4 Å². The fraction of sp³-hybridized carbons (Fsp3) is 0.400. The van der Waals surface area contributed by atoms with Crippen molar-refractivity contribution in [3.63, 3.8) is 0 Å². The summed E-state index contributed by atoms with van der Waals surface area (Å²) in [7, 11) is -4.09. The fourth-order valence-electron chi connectivity index (χ4n) is 5.45. The Bertz CT molecular complexity index is 1810. The molecule has 2 fully saturated rings. The number of H-pyrrole nitrogens is 1. The molecule has 4 aromatic rings. The molecule has 0 aliphatic carbocycles. The smallest absolute Gasteiger partial charge is 0.296 e. The van der Waals surface area contributed by atoms with Gasteiger partial charge in [-0.15, -0.1) is 0 Å². The number of aromatic nitrogens is 3. The van der Waals surface area contributed by atoms with E-state index >= 15 is 0 Å². The minimum absolute atomic E-state index is 0.101. The maximum absolute atomic E-state index is 12.7. The third-order valence-corrected chi connectivity index (χ3v) is 9.84. The number of nitrogens with zero attached hydrogens (tertiary/aromatic N) is 2. The van der Waals surface area contributed by atoms with E-state index in [4.69, 9.17) is 30.9 Å². The largest absolute Gasteiger partial charge is 0.456 e. The van der Waals surface area contributed by atoms with E-state index in [1.165, 1.54) is 12.1 Å². The number of benzene rings is 2. The normalized spacial score (nSPS) is 23.8. The molecule has 47 heavy (non-hydrogen) atoms. The molecule has 2 aliphatic rings. The number of aliphatic hydroxyl groups is 6. The molecule has 0 spiro atoms. The van der Waals surface area contributed by atoms with Crippen molar-refractivity contribution in [2.75, 3.05) is 26.4 Å². The molecule has 0 bridgehead atoms. The van der Waals surface area contributed by atoms with Gasteiger partial charge in [0.1, 0.15) is 36.6 Å². The molecule has 0 amide bonds. The number of hydrogen-bond acceptors (Lipinski definition) is 13. The predicted molar refractivity (Wildman–Crippen MR) is 166 cm³/mol. The summed E-state index contributed by atoms with van der Waals surface area (Å²) in [6, 6.07) is 15.2. The molecule has 252 valence electrons. The Labute approximate surface area is 273 Å². The number of rotatable bonds is 12. The number of halogens is 1. The van der Waals surface area contributed by atoms with Crippen LogP contribution in [0.15, 0.2) is 59.5 Å². The molecule has 2 saturated heterocycles. The molecule has 17 heteroatoms. The van der Waals surface area contributed by atoms with Crippen LogP contribution in [0, 0.1) is 0 Å². The van der Waals surface area contributed by atoms with Crippen molar-refractivity contribution in [3.05, 3.63) is 59.6 Å². The van der Waals surface area contributed by atoms with Crippen LogP contribution in [0.4, 0.5) is 0 Å². The van der Waals surface area contributed by atoms with E-state index in [-0.39, 0.29) is 24.1 Å². The van der Waals surface area contributed by atoms with Gasteiger partial charge in [0, 0.05) is 12.1 Å². The minimum Gasteiger partial charge on any atom is -0.456 e. The number of ether oxygens (including phenoxy) is 3. The Morgan fingerprint density at radius 3 is 2.21 bits per heavy atom. The van der Waals surface area contributed by atoms with Crippen LogP contribution in [0.5, 0.6) is 6.01 Å². The van der Waals surface area contributed by atoms with Gasteiger partial charge in [0.05, 0.1) is 47.1 Å². The van der Waals surface area contributed by atoms with Gasteiger partial charge in [-0.3, -0.25) is 0 Å². The summed E-state index contributed by atoms with van der Waals surface area (Å²) in [4.78, 5) is 12.0. The number of imidazole rings is 1. The van der Waals surface area contributed by atoms with Gasteiger partial charge in [-0.1, -0.05) is 48.0 Å². The van der Waals surface area contributed by atoms with E-state index in [0.29, 0.717) is 33.0 Å². The van der Waals surface area contributed by atoms with Crippen LogP contribution < -0.4 is 9.46 Å². The van der Waals surface area contributed by atoms with E-state index in [9.17, 15) is 34.0 Å². The van der Waals surface area contributed by atoms with E-state index in [1.807, 2.05) is 24.3 Å². The van der Waals surface area contributed by atoms with Crippen molar-refractivity contribution in [2.45, 2.75) is 53.7 Å². The van der Waals surface area contributed by atoms with Crippen molar-refractivity contribution in [2.24, 2.45) is 0 Å². The lowest BCUT2D eigenvalue weighted by atomic mass is 10.0. The van der Waals surface area contributed by atoms with Crippen molar-refractivity contribution >= 4 is 32.8 Å². The molecular weight excluding hydrogens is 660 g/mol. The fourth-order valence-corrected chi connectivity index (χ4v) is 6.76. The first-order valence-electron chi connectivity index (χ1n) is 14.6. The van der Waals surface area contributed by atoms with Crippen molar-refractivity contribution < 1.29 is 53.3 Å². The summed E-state index contributed by atoms with van der Waals surface area (Å²) in [6.07, 6.45) is -9.17. The van der Waals surface area contributed by atoms with Crippen LogP contribution in [0.25, 0.3) is 33.5 Å². The summed E-state index contributed by atoms with van der Waals surface area (Å²) in [5, 5.41) is 58.3. The van der Waals surface area contributed by atoms with Crippen molar-refractivity contribution in [1.82, 2.24) is 19.7 Å². The Hall–Kier alpha value is -3.26. The molecule has 4 heterocycles. The van der Waals surface area contributed by atoms with Crippen LogP contribution in [-0.4, -0.2) is 129 Å². The number of hydrogen-bond donors (Lipinski definition) is 8. The van der Waals surface area contributed by atoms with Crippen molar-refractivity contribution in [1.29, 1.82) is 0 Å². The van der Waals surface area contributed by atoms with Crippen LogP contribution in [0.1, 0.15) is 0 Å². The van der Waals surface area contributed by atoms with Gasteiger partial charge >= 0.3 is 0 Å². The topological polar surface area (TPSA) is 237 Å². The summed E-state index contributed by atoms with van der Waals surface area (Å²) in [5.41, 5.74) is 3.66. The second-order valence-electron chi connectivity index (χ2n) is 11.3. The predicted octanol–water partition coefficient (Wildman–Crippen LogP) is -0.435. The molecule has 8 atom stereocenters. The number of aromatic amines is 1. The highest BCUT2D eigenvalue weighted by atomic mass is 35.5. The highest BCUT2D eigenvalue weighted by Gasteiger charge is 2.48. The molecule has 1 unspecified atom stereocenters. The highest BCUT2D eigenvalue weighted by molar-refractivity contribution is 7.89. The third kappa shape index (κ3) is 6.99. The lowest BCUT2D eigenvalue weighted by Crippen LogP contribution is -2.49. The Morgan fingerprint density at radius 1 is 0.915 bits per heavy atom. The van der Waals surface area contributed by atoms with Gasteiger partial charge in [0.15, 0.2) is 11.8 Å². The van der Waals surface area contributed by atoms with Gasteiger partial charge in [0.2, 0.25) is 10.0 Å². The van der Waals surface area contributed by atoms with Gasteiger partial charge in [-0.25, -0.2) is 18.1 Å². The molecule has 0 radical (unpaired) electrons. The van der Waals surface area contributed by atoms with Gasteiger partial charge in [-0.2, -0.15) is 4.98 Å². The molecule has 2 aromatic heterocycles. The number of sulfonamides is 1. The first-order valence-corrected chi connectivity index (χ1v) is 16.5. The van der Waals surface area contributed by atoms with Gasteiger partial charge in [0.25, 0.3) is 6.01 Å². The van der Waals surface area contributed by atoms with E-state index < -0.39 is 72.0 Å². The standard InChI is InChI=1S/C30H33ClN4O11S/c31-18-9-19-29(35-30(33-19)46-23-13-45-27-22(39)12-44-28(23)27)34-24(18)16-3-1-14(2-4-16)15-5-7-17(8-6-15)47(42,43)32-10-20(37)25(40)26(41)21(38)11-36/h1-9,20-23,25-28,32,36-41H,10-13H2,(H,33,34,35)/t20-,21+,22+,23+,25+,26+,27?,28+/m0/s1. The molecule has 2 aromatic carbocycles. The molecule has 8 N–H and O–H groups in total. The maximum atomic E-state index is 12.7. The van der Waals surface area contributed by atoms with Crippen LogP contribution in [0.3, 0.4) is 0 Å². The average Bonchev–Trinajstić information content (AvgIpc) is 3.78. The Balaban J connectivity index is 1.11. The van der Waals surface area contributed by atoms with E-state index in [2.05, 4.69) is 19.7 Å². The number of fused-ring (bicyclic) bond motifs is 2. The second kappa shape index (κ2) is 13.7. The van der Waals surface area contributed by atoms with Crippen LogP contribution >= 0.6 is 11.6 Å². The monoisotopic (exact) mass is 692 g/mol. The summed E-state index contributed by atoms with van der Waals surface area (Å²) >= 11 is 6.58. The summed E-state index contributed by atoms with van der Waals surface area (Å²) < 4.78 is 44.8. The van der Waals surface area contributed by atoms with Crippen LogP contribution in [-0.2, 0) is 19.5 Å². The lowest BCUT2D eigenvalue weighted by molar-refractivity contribution is -0.113. The maximum Gasteiger partial charge on any atom is 0.296 e. The average molecular weight is 693 g/mol. The molecular formula is C30H33ClN4O11S. The SMILES string of the molecule is O=S(=O)(NC[C@H](O)[C@@H](O)[C@H](O)[C@H](O)CO)c1ccc(-c2ccc(-c3nc4nc(O[C@@H]5COC6[C@H](O)CO[C@@H]65)[nH]c4cc3Cl)cc2)cc1. The second-order valence-corrected chi connectivity index (χ2v) is 13.5. The molecule has 6 rings (SSSR count). The van der Waals surface area contributed by atoms with E-state index in [1.54, 1.807) is 18.2 Å². The third-order valence-electron chi connectivity index (χ3n) is 8.11. The molecule has 15 nitrogen and oxygen atoms in total. The van der Waals surface area contributed by atoms with Crippen LogP contribution in [0.2, 0.25) is 5.02 Å².